The molecule has 0 radical (unpaired) electrons. The number of rotatable bonds is 5. The molecular formula is C18H15ClN4O2. The number of nitrogens with zero attached hydrogens (tertiary/aromatic N) is 2. The smallest absolute Gasteiger partial charge is 0.253 e. The van der Waals surface area contributed by atoms with Gasteiger partial charge in [-0.2, -0.15) is 0 Å². The summed E-state index contributed by atoms with van der Waals surface area (Å²) in [4.78, 5) is 32.8. The molecule has 1 heterocycles. The summed E-state index contributed by atoms with van der Waals surface area (Å²) in [6.45, 7) is 0. The third-order valence-electron chi connectivity index (χ3n) is 3.68. The summed E-state index contributed by atoms with van der Waals surface area (Å²) in [7, 11) is 0. The molecule has 2 aromatic carbocycles. The van der Waals surface area contributed by atoms with Crippen LogP contribution >= 0.6 is 11.6 Å². The van der Waals surface area contributed by atoms with Gasteiger partial charge in [0, 0.05) is 12.6 Å². The number of primary amides is 1. The van der Waals surface area contributed by atoms with Crippen LogP contribution in [0.4, 0.5) is 0 Å². The van der Waals surface area contributed by atoms with Gasteiger partial charge in [0.25, 0.3) is 5.91 Å². The molecule has 0 fully saturated rings. The van der Waals surface area contributed by atoms with Crippen molar-refractivity contribution >= 4 is 34.4 Å². The normalized spacial score (nSPS) is 11.9. The lowest BCUT2D eigenvalue weighted by Crippen LogP contribution is -2.46. The number of benzene rings is 2. The summed E-state index contributed by atoms with van der Waals surface area (Å²) < 4.78 is 0. The average molecular weight is 355 g/mol. The molecule has 3 aromatic rings. The fourth-order valence-corrected chi connectivity index (χ4v) is 2.63. The topological polar surface area (TPSA) is 98.0 Å². The quantitative estimate of drug-likeness (QED) is 0.733. The highest BCUT2D eigenvalue weighted by molar-refractivity contribution is 6.33. The van der Waals surface area contributed by atoms with Gasteiger partial charge in [-0.3, -0.25) is 14.6 Å². The second kappa shape index (κ2) is 7.27. The van der Waals surface area contributed by atoms with Gasteiger partial charge >= 0.3 is 0 Å². The highest BCUT2D eigenvalue weighted by Gasteiger charge is 2.21. The van der Waals surface area contributed by atoms with Crippen molar-refractivity contribution in [1.82, 2.24) is 15.3 Å². The number of fused-ring (bicyclic) bond motifs is 1. The number of nitrogens with one attached hydrogen (secondary N) is 1. The molecule has 1 atom stereocenters. The van der Waals surface area contributed by atoms with Crippen molar-refractivity contribution in [3.63, 3.8) is 0 Å². The number of nitrogens with two attached hydrogens (primary N) is 1. The highest BCUT2D eigenvalue weighted by atomic mass is 35.5. The maximum absolute atomic E-state index is 12.3. The van der Waals surface area contributed by atoms with Gasteiger partial charge in [-0.15, -0.1) is 0 Å². The molecular weight excluding hydrogens is 340 g/mol. The van der Waals surface area contributed by atoms with E-state index in [-0.39, 0.29) is 12.0 Å². The molecule has 126 valence electrons. The number of hydrogen-bond acceptors (Lipinski definition) is 4. The maximum Gasteiger partial charge on any atom is 0.253 e. The number of aromatic nitrogens is 2. The van der Waals surface area contributed by atoms with Crippen LogP contribution in [0.25, 0.3) is 11.0 Å². The Balaban J connectivity index is 1.80. The van der Waals surface area contributed by atoms with Crippen LogP contribution in [0.5, 0.6) is 0 Å². The van der Waals surface area contributed by atoms with Crippen molar-refractivity contribution in [2.45, 2.75) is 12.5 Å². The summed E-state index contributed by atoms with van der Waals surface area (Å²) in [5, 5.41) is 2.90. The first-order valence-electron chi connectivity index (χ1n) is 7.60. The van der Waals surface area contributed by atoms with Crippen LogP contribution in [0, 0.1) is 0 Å². The van der Waals surface area contributed by atoms with Crippen molar-refractivity contribution in [2.75, 3.05) is 0 Å². The molecule has 0 bridgehead atoms. The monoisotopic (exact) mass is 354 g/mol. The van der Waals surface area contributed by atoms with Crippen LogP contribution < -0.4 is 11.1 Å². The SMILES string of the molecule is NC(=O)[C@@H](Cc1cnc2ccccc2n1)NC(=O)c1ccccc1Cl. The molecule has 0 aliphatic heterocycles. The molecule has 0 spiro atoms. The zero-order valence-corrected chi connectivity index (χ0v) is 13.9. The molecule has 0 saturated heterocycles. The Morgan fingerprint density at radius 2 is 1.76 bits per heavy atom. The maximum atomic E-state index is 12.3. The Hall–Kier alpha value is -2.99. The summed E-state index contributed by atoms with van der Waals surface area (Å²) in [6.07, 6.45) is 1.71. The Morgan fingerprint density at radius 1 is 1.08 bits per heavy atom. The Labute approximate surface area is 149 Å². The van der Waals surface area contributed by atoms with Crippen molar-refractivity contribution in [2.24, 2.45) is 5.73 Å². The summed E-state index contributed by atoms with van der Waals surface area (Å²) in [6, 6.07) is 13.1. The molecule has 25 heavy (non-hydrogen) atoms. The van der Waals surface area contributed by atoms with E-state index < -0.39 is 17.9 Å². The zero-order chi connectivity index (χ0) is 17.8. The fourth-order valence-electron chi connectivity index (χ4n) is 2.41. The first-order valence-corrected chi connectivity index (χ1v) is 7.98. The summed E-state index contributed by atoms with van der Waals surface area (Å²) in [5.74, 6) is -1.13. The number of carbonyl (C=O) groups is 2. The van der Waals surface area contributed by atoms with E-state index in [1.54, 1.807) is 30.5 Å². The van der Waals surface area contributed by atoms with Gasteiger partial charge in [0.05, 0.1) is 27.3 Å². The van der Waals surface area contributed by atoms with Gasteiger partial charge in [0.15, 0.2) is 0 Å². The molecule has 7 heteroatoms. The van der Waals surface area contributed by atoms with Crippen LogP contribution in [0.3, 0.4) is 0 Å². The van der Waals surface area contributed by atoms with Gasteiger partial charge in [-0.25, -0.2) is 4.98 Å². The van der Waals surface area contributed by atoms with Crippen molar-refractivity contribution in [3.8, 4) is 0 Å². The lowest BCUT2D eigenvalue weighted by Gasteiger charge is -2.15. The van der Waals surface area contributed by atoms with E-state index in [9.17, 15) is 9.59 Å². The van der Waals surface area contributed by atoms with Crippen molar-refractivity contribution < 1.29 is 9.59 Å². The predicted octanol–water partition coefficient (Wildman–Crippen LogP) is 2.11. The average Bonchev–Trinajstić information content (AvgIpc) is 2.61. The largest absolute Gasteiger partial charge is 0.368 e. The molecule has 6 nitrogen and oxygen atoms in total. The predicted molar refractivity (Wildman–Crippen MR) is 95.1 cm³/mol. The van der Waals surface area contributed by atoms with E-state index >= 15 is 0 Å². The number of carbonyl (C=O) groups excluding carboxylic acids is 2. The van der Waals surface area contributed by atoms with E-state index in [0.29, 0.717) is 16.2 Å². The highest BCUT2D eigenvalue weighted by Crippen LogP contribution is 2.15. The third kappa shape index (κ3) is 3.92. The summed E-state index contributed by atoms with van der Waals surface area (Å²) in [5.41, 5.74) is 7.72. The second-order valence-corrected chi connectivity index (χ2v) is 5.87. The van der Waals surface area contributed by atoms with Crippen LogP contribution in [0.1, 0.15) is 16.1 Å². The van der Waals surface area contributed by atoms with E-state index in [2.05, 4.69) is 15.3 Å². The molecule has 2 amide bonds. The van der Waals surface area contributed by atoms with Gasteiger partial charge in [-0.05, 0) is 24.3 Å². The fraction of sp³-hybridized carbons (Fsp3) is 0.111. The van der Waals surface area contributed by atoms with Crippen molar-refractivity contribution in [1.29, 1.82) is 0 Å². The van der Waals surface area contributed by atoms with Gasteiger partial charge < -0.3 is 11.1 Å². The molecule has 0 saturated carbocycles. The summed E-state index contributed by atoms with van der Waals surface area (Å²) >= 11 is 6.01. The number of hydrogen-bond donors (Lipinski definition) is 2. The molecule has 3 N–H and O–H groups in total. The van der Waals surface area contributed by atoms with Gasteiger partial charge in [0.2, 0.25) is 5.91 Å². The van der Waals surface area contributed by atoms with Gasteiger partial charge in [-0.1, -0.05) is 35.9 Å². The zero-order valence-electron chi connectivity index (χ0n) is 13.1. The minimum atomic E-state index is -0.917. The first-order chi connectivity index (χ1) is 12.0. The van der Waals surface area contributed by atoms with E-state index in [0.717, 1.165) is 5.52 Å². The Morgan fingerprint density at radius 3 is 2.48 bits per heavy atom. The van der Waals surface area contributed by atoms with E-state index in [1.165, 1.54) is 0 Å². The minimum Gasteiger partial charge on any atom is -0.368 e. The van der Waals surface area contributed by atoms with Crippen molar-refractivity contribution in [3.05, 3.63) is 71.0 Å². The minimum absolute atomic E-state index is 0.142. The standard InChI is InChI=1S/C18H15ClN4O2/c19-13-6-2-1-5-12(13)18(25)23-16(17(20)24)9-11-10-21-14-7-3-4-8-15(14)22-11/h1-8,10,16H,9H2,(H2,20,24)(H,23,25)/t16-/m1/s1. The molecule has 0 aliphatic rings. The molecule has 1 aromatic heterocycles. The third-order valence-corrected chi connectivity index (χ3v) is 4.01. The Bertz CT molecular complexity index is 945. The van der Waals surface area contributed by atoms with Crippen LogP contribution in [-0.2, 0) is 11.2 Å². The van der Waals surface area contributed by atoms with E-state index in [4.69, 9.17) is 17.3 Å². The lowest BCUT2D eigenvalue weighted by atomic mass is 10.1. The van der Waals surface area contributed by atoms with Crippen LogP contribution in [0.2, 0.25) is 5.02 Å². The number of halogens is 1. The first kappa shape index (κ1) is 16.9. The van der Waals surface area contributed by atoms with Gasteiger partial charge in [0.1, 0.15) is 6.04 Å². The van der Waals surface area contributed by atoms with E-state index in [1.807, 2.05) is 24.3 Å². The Kier molecular flexibility index (Phi) is 4.90. The second-order valence-electron chi connectivity index (χ2n) is 5.46. The molecule has 0 aliphatic carbocycles. The number of para-hydroxylation sites is 2. The van der Waals surface area contributed by atoms with Crippen LogP contribution in [-0.4, -0.2) is 27.8 Å². The number of amides is 2. The van der Waals surface area contributed by atoms with Crippen LogP contribution in [0.15, 0.2) is 54.7 Å². The molecule has 3 rings (SSSR count). The molecule has 0 unspecified atom stereocenters. The lowest BCUT2D eigenvalue weighted by molar-refractivity contribution is -0.119.